The first kappa shape index (κ1) is 14.7. The van der Waals surface area contributed by atoms with Crippen LogP contribution in [0.3, 0.4) is 0 Å². The van der Waals surface area contributed by atoms with Crippen molar-refractivity contribution in [3.8, 4) is 0 Å². The first-order chi connectivity index (χ1) is 9.63. The molecule has 0 atom stereocenters. The standard InChI is InChI=1S/C11H10BrN5O2S/c1-2-13-9-8(17(18)19)11(16-6-15-9)20-10-7(12)4-3-5-14-10/h3-6H,2H2,1H3,(H,13,15,16). The molecule has 0 aliphatic heterocycles. The van der Waals surface area contributed by atoms with Crippen LogP contribution in [-0.4, -0.2) is 26.4 Å². The van der Waals surface area contributed by atoms with Crippen LogP contribution in [0.1, 0.15) is 6.92 Å². The van der Waals surface area contributed by atoms with Crippen molar-refractivity contribution in [2.24, 2.45) is 0 Å². The van der Waals surface area contributed by atoms with Gasteiger partial charge in [0.25, 0.3) is 0 Å². The molecule has 1 N–H and O–H groups in total. The van der Waals surface area contributed by atoms with Crippen molar-refractivity contribution >= 4 is 39.2 Å². The first-order valence-electron chi connectivity index (χ1n) is 5.65. The van der Waals surface area contributed by atoms with Crippen molar-refractivity contribution in [3.63, 3.8) is 0 Å². The Morgan fingerprint density at radius 3 is 2.85 bits per heavy atom. The average molecular weight is 356 g/mol. The molecule has 0 bridgehead atoms. The van der Waals surface area contributed by atoms with E-state index in [1.165, 1.54) is 6.33 Å². The third-order valence-electron chi connectivity index (χ3n) is 2.23. The Morgan fingerprint density at radius 2 is 2.20 bits per heavy atom. The van der Waals surface area contributed by atoms with Gasteiger partial charge in [0.05, 0.1) is 9.40 Å². The molecule has 0 aliphatic rings. The molecule has 20 heavy (non-hydrogen) atoms. The van der Waals surface area contributed by atoms with E-state index in [0.29, 0.717) is 11.6 Å². The SMILES string of the molecule is CCNc1ncnc(Sc2ncccc2Br)c1[N+](=O)[O-]. The molecule has 2 rings (SSSR count). The summed E-state index contributed by atoms with van der Waals surface area (Å²) in [6, 6.07) is 3.58. The Kier molecular flexibility index (Phi) is 4.85. The van der Waals surface area contributed by atoms with Gasteiger partial charge in [-0.3, -0.25) is 10.1 Å². The van der Waals surface area contributed by atoms with Crippen molar-refractivity contribution in [2.75, 3.05) is 11.9 Å². The van der Waals surface area contributed by atoms with Crippen LogP contribution < -0.4 is 5.32 Å². The second-order valence-electron chi connectivity index (χ2n) is 3.56. The minimum absolute atomic E-state index is 0.142. The summed E-state index contributed by atoms with van der Waals surface area (Å²) < 4.78 is 0.753. The molecule has 0 saturated heterocycles. The van der Waals surface area contributed by atoms with Crippen LogP contribution in [0.5, 0.6) is 0 Å². The number of hydrogen-bond acceptors (Lipinski definition) is 7. The maximum Gasteiger partial charge on any atom is 0.343 e. The number of nitrogens with one attached hydrogen (secondary N) is 1. The summed E-state index contributed by atoms with van der Waals surface area (Å²) >= 11 is 4.47. The summed E-state index contributed by atoms with van der Waals surface area (Å²) in [4.78, 5) is 22.8. The Hall–Kier alpha value is -1.74. The number of halogens is 1. The molecule has 2 aromatic rings. The van der Waals surface area contributed by atoms with Gasteiger partial charge < -0.3 is 5.32 Å². The largest absolute Gasteiger partial charge is 0.364 e. The molecule has 9 heteroatoms. The van der Waals surface area contributed by atoms with Crippen LogP contribution in [0.25, 0.3) is 0 Å². The van der Waals surface area contributed by atoms with E-state index in [9.17, 15) is 10.1 Å². The Balaban J connectivity index is 2.44. The van der Waals surface area contributed by atoms with Gasteiger partial charge in [0.2, 0.25) is 5.82 Å². The average Bonchev–Trinajstić information content (AvgIpc) is 2.41. The van der Waals surface area contributed by atoms with E-state index in [2.05, 4.69) is 36.2 Å². The molecule has 0 unspecified atom stereocenters. The molecular formula is C11H10BrN5O2S. The third-order valence-corrected chi connectivity index (χ3v) is 4.15. The molecule has 0 amide bonds. The van der Waals surface area contributed by atoms with Crippen molar-refractivity contribution in [1.29, 1.82) is 0 Å². The summed E-state index contributed by atoms with van der Waals surface area (Å²) in [6.45, 7) is 2.38. The Labute approximate surface area is 127 Å². The zero-order valence-electron chi connectivity index (χ0n) is 10.4. The monoisotopic (exact) mass is 355 g/mol. The van der Waals surface area contributed by atoms with Crippen LogP contribution in [0.4, 0.5) is 11.5 Å². The second kappa shape index (κ2) is 6.62. The van der Waals surface area contributed by atoms with Gasteiger partial charge in [0, 0.05) is 12.7 Å². The minimum atomic E-state index is -0.489. The molecule has 2 heterocycles. The summed E-state index contributed by atoms with van der Waals surface area (Å²) in [5.41, 5.74) is -0.142. The van der Waals surface area contributed by atoms with Gasteiger partial charge in [-0.2, -0.15) is 0 Å². The number of nitro groups is 1. The van der Waals surface area contributed by atoms with Crippen LogP contribution >= 0.6 is 27.7 Å². The highest BCUT2D eigenvalue weighted by molar-refractivity contribution is 9.10. The quantitative estimate of drug-likeness (QED) is 0.500. The maximum atomic E-state index is 11.2. The molecule has 7 nitrogen and oxygen atoms in total. The fraction of sp³-hybridized carbons (Fsp3) is 0.182. The number of rotatable bonds is 5. The molecule has 2 aromatic heterocycles. The van der Waals surface area contributed by atoms with Gasteiger partial charge >= 0.3 is 5.69 Å². The van der Waals surface area contributed by atoms with E-state index < -0.39 is 4.92 Å². The highest BCUT2D eigenvalue weighted by Crippen LogP contribution is 2.37. The lowest BCUT2D eigenvalue weighted by molar-refractivity contribution is -0.387. The molecular weight excluding hydrogens is 346 g/mol. The van der Waals surface area contributed by atoms with Crippen LogP contribution in [0.15, 0.2) is 39.2 Å². The van der Waals surface area contributed by atoms with E-state index in [1.54, 1.807) is 12.3 Å². The molecule has 0 spiro atoms. The van der Waals surface area contributed by atoms with Gasteiger partial charge in [-0.15, -0.1) is 0 Å². The normalized spacial score (nSPS) is 10.3. The summed E-state index contributed by atoms with van der Waals surface area (Å²) in [5, 5.41) is 15.0. The van der Waals surface area contributed by atoms with E-state index >= 15 is 0 Å². The molecule has 0 aromatic carbocycles. The van der Waals surface area contributed by atoms with Gasteiger partial charge in [-0.1, -0.05) is 0 Å². The van der Waals surface area contributed by atoms with Gasteiger partial charge in [0.15, 0.2) is 5.03 Å². The lowest BCUT2D eigenvalue weighted by Crippen LogP contribution is -2.05. The third kappa shape index (κ3) is 3.23. The summed E-state index contributed by atoms with van der Waals surface area (Å²) in [6.07, 6.45) is 2.91. The van der Waals surface area contributed by atoms with Crippen molar-refractivity contribution in [3.05, 3.63) is 39.2 Å². The number of anilines is 1. The predicted molar refractivity (Wildman–Crippen MR) is 78.9 cm³/mol. The fourth-order valence-electron chi connectivity index (χ4n) is 1.44. The number of nitrogens with zero attached hydrogens (tertiary/aromatic N) is 4. The summed E-state index contributed by atoms with van der Waals surface area (Å²) in [7, 11) is 0. The van der Waals surface area contributed by atoms with Crippen LogP contribution in [0, 0.1) is 10.1 Å². The topological polar surface area (TPSA) is 93.8 Å². The van der Waals surface area contributed by atoms with E-state index in [-0.39, 0.29) is 16.5 Å². The Bertz CT molecular complexity index is 640. The van der Waals surface area contributed by atoms with Gasteiger partial charge in [-0.25, -0.2) is 15.0 Å². The first-order valence-corrected chi connectivity index (χ1v) is 7.26. The van der Waals surface area contributed by atoms with E-state index in [1.807, 2.05) is 13.0 Å². The van der Waals surface area contributed by atoms with E-state index in [0.717, 1.165) is 16.2 Å². The van der Waals surface area contributed by atoms with Crippen molar-refractivity contribution in [2.45, 2.75) is 17.0 Å². The van der Waals surface area contributed by atoms with Crippen molar-refractivity contribution < 1.29 is 4.92 Å². The molecule has 0 radical (unpaired) electrons. The molecule has 104 valence electrons. The van der Waals surface area contributed by atoms with Gasteiger partial charge in [-0.05, 0) is 46.7 Å². The van der Waals surface area contributed by atoms with Gasteiger partial charge in [0.1, 0.15) is 11.4 Å². The second-order valence-corrected chi connectivity index (χ2v) is 5.39. The lowest BCUT2D eigenvalue weighted by Gasteiger charge is -2.06. The van der Waals surface area contributed by atoms with E-state index in [4.69, 9.17) is 0 Å². The zero-order chi connectivity index (χ0) is 14.5. The highest BCUT2D eigenvalue weighted by Gasteiger charge is 2.24. The maximum absolute atomic E-state index is 11.2. The fourth-order valence-corrected chi connectivity index (χ4v) is 2.76. The Morgan fingerprint density at radius 1 is 1.40 bits per heavy atom. The molecule has 0 aliphatic carbocycles. The van der Waals surface area contributed by atoms with Crippen LogP contribution in [-0.2, 0) is 0 Å². The predicted octanol–water partition coefficient (Wildman–Crippen LogP) is 3.13. The van der Waals surface area contributed by atoms with Crippen molar-refractivity contribution in [1.82, 2.24) is 15.0 Å². The number of aromatic nitrogens is 3. The van der Waals surface area contributed by atoms with Crippen LogP contribution in [0.2, 0.25) is 0 Å². The lowest BCUT2D eigenvalue weighted by atomic mass is 10.5. The smallest absolute Gasteiger partial charge is 0.343 e. The summed E-state index contributed by atoms with van der Waals surface area (Å²) in [5.74, 6) is 0.210. The number of hydrogen-bond donors (Lipinski definition) is 1. The number of pyridine rings is 1. The molecule has 0 fully saturated rings. The highest BCUT2D eigenvalue weighted by atomic mass is 79.9. The molecule has 0 saturated carbocycles. The minimum Gasteiger partial charge on any atom is -0.364 e. The zero-order valence-corrected chi connectivity index (χ0v) is 12.8.